The van der Waals surface area contributed by atoms with E-state index in [4.69, 9.17) is 4.74 Å². The van der Waals surface area contributed by atoms with Crippen LogP contribution in [0.3, 0.4) is 0 Å². The van der Waals surface area contributed by atoms with Crippen molar-refractivity contribution in [2.45, 2.75) is 32.4 Å². The molecule has 1 saturated heterocycles. The van der Waals surface area contributed by atoms with Crippen molar-refractivity contribution in [1.29, 1.82) is 0 Å². The van der Waals surface area contributed by atoms with Gasteiger partial charge in [0.05, 0.1) is 19.3 Å². The molecule has 1 saturated carbocycles. The van der Waals surface area contributed by atoms with Crippen LogP contribution < -0.4 is 5.32 Å². The molecule has 8 heteroatoms. The van der Waals surface area contributed by atoms with E-state index < -0.39 is 0 Å². The molecule has 2 aliphatic rings. The van der Waals surface area contributed by atoms with E-state index in [9.17, 15) is 9.59 Å². The highest BCUT2D eigenvalue weighted by Gasteiger charge is 2.34. The van der Waals surface area contributed by atoms with E-state index in [2.05, 4.69) is 10.4 Å². The van der Waals surface area contributed by atoms with Crippen LogP contribution in [0.5, 0.6) is 0 Å². The second-order valence-corrected chi connectivity index (χ2v) is 6.70. The maximum atomic E-state index is 12.4. The lowest BCUT2D eigenvalue weighted by atomic mass is 10.3. The normalized spacial score (nSPS) is 18.1. The summed E-state index contributed by atoms with van der Waals surface area (Å²) < 4.78 is 6.83. The van der Waals surface area contributed by atoms with Gasteiger partial charge < -0.3 is 19.9 Å². The standard InChI is InChI=1S/C17H27N5O3/c1-25-10-9-22-13-14(12-19-22)11-18-17(24)21-6-2-5-20(7-8-21)16(23)15-3-4-15/h12-13,15H,2-11H2,1H3,(H,18,24). The minimum atomic E-state index is -0.0784. The summed E-state index contributed by atoms with van der Waals surface area (Å²) in [6.45, 7) is 4.43. The smallest absolute Gasteiger partial charge is 0.317 e. The fourth-order valence-corrected chi connectivity index (χ4v) is 3.02. The van der Waals surface area contributed by atoms with E-state index in [0.717, 1.165) is 31.4 Å². The summed E-state index contributed by atoms with van der Waals surface area (Å²) >= 11 is 0. The number of ether oxygens (including phenoxy) is 1. The van der Waals surface area contributed by atoms with Crippen LogP contribution >= 0.6 is 0 Å². The van der Waals surface area contributed by atoms with Crippen molar-refractivity contribution < 1.29 is 14.3 Å². The van der Waals surface area contributed by atoms with Crippen LogP contribution in [-0.2, 0) is 22.6 Å². The third kappa shape index (κ3) is 4.94. The van der Waals surface area contributed by atoms with Crippen molar-refractivity contribution in [2.24, 2.45) is 5.92 Å². The lowest BCUT2D eigenvalue weighted by Crippen LogP contribution is -2.42. The van der Waals surface area contributed by atoms with Crippen molar-refractivity contribution in [3.05, 3.63) is 18.0 Å². The lowest BCUT2D eigenvalue weighted by molar-refractivity contribution is -0.132. The number of amides is 3. The quantitative estimate of drug-likeness (QED) is 0.819. The van der Waals surface area contributed by atoms with Crippen molar-refractivity contribution in [3.63, 3.8) is 0 Å². The molecule has 2 fully saturated rings. The number of nitrogens with one attached hydrogen (secondary N) is 1. The SMILES string of the molecule is COCCn1cc(CNC(=O)N2CCCN(C(=O)C3CC3)CC2)cn1. The molecule has 0 radical (unpaired) electrons. The molecule has 25 heavy (non-hydrogen) atoms. The third-order valence-electron chi connectivity index (χ3n) is 4.68. The number of hydrogen-bond acceptors (Lipinski definition) is 4. The van der Waals surface area contributed by atoms with Crippen LogP contribution in [0.25, 0.3) is 0 Å². The molecule has 0 aromatic carbocycles. The van der Waals surface area contributed by atoms with Gasteiger partial charge in [-0.15, -0.1) is 0 Å². The number of aromatic nitrogens is 2. The molecular formula is C17H27N5O3. The Balaban J connectivity index is 1.43. The van der Waals surface area contributed by atoms with E-state index in [1.807, 2.05) is 11.1 Å². The zero-order chi connectivity index (χ0) is 17.6. The monoisotopic (exact) mass is 349 g/mol. The molecule has 8 nitrogen and oxygen atoms in total. The van der Waals surface area contributed by atoms with Gasteiger partial charge >= 0.3 is 6.03 Å². The molecular weight excluding hydrogens is 322 g/mol. The summed E-state index contributed by atoms with van der Waals surface area (Å²) in [5.41, 5.74) is 0.963. The molecule has 1 aliphatic carbocycles. The van der Waals surface area contributed by atoms with Gasteiger partial charge in [-0.05, 0) is 19.3 Å². The zero-order valence-corrected chi connectivity index (χ0v) is 14.8. The van der Waals surface area contributed by atoms with E-state index in [0.29, 0.717) is 39.3 Å². The first kappa shape index (κ1) is 17.7. The molecule has 0 atom stereocenters. The Hall–Kier alpha value is -2.09. The molecule has 0 bridgehead atoms. The minimum absolute atomic E-state index is 0.0784. The van der Waals surface area contributed by atoms with Gasteiger partial charge in [-0.1, -0.05) is 0 Å². The van der Waals surface area contributed by atoms with Crippen LogP contribution in [0.1, 0.15) is 24.8 Å². The number of hydrogen-bond donors (Lipinski definition) is 1. The summed E-state index contributed by atoms with van der Waals surface area (Å²) in [4.78, 5) is 28.3. The second-order valence-electron chi connectivity index (χ2n) is 6.70. The van der Waals surface area contributed by atoms with Gasteiger partial charge in [-0.2, -0.15) is 5.10 Å². The van der Waals surface area contributed by atoms with Gasteiger partial charge in [0, 0.05) is 57.5 Å². The topological polar surface area (TPSA) is 79.7 Å². The highest BCUT2D eigenvalue weighted by Crippen LogP contribution is 2.31. The van der Waals surface area contributed by atoms with E-state index in [1.165, 1.54) is 0 Å². The maximum Gasteiger partial charge on any atom is 0.317 e. The molecule has 1 N–H and O–H groups in total. The number of methoxy groups -OCH3 is 1. The van der Waals surface area contributed by atoms with Crippen LogP contribution in [0, 0.1) is 5.92 Å². The summed E-state index contributed by atoms with van der Waals surface area (Å²) in [5.74, 6) is 0.515. The fraction of sp³-hybridized carbons (Fsp3) is 0.706. The molecule has 1 aromatic heterocycles. The molecule has 0 spiro atoms. The number of urea groups is 1. The van der Waals surface area contributed by atoms with Gasteiger partial charge in [0.25, 0.3) is 0 Å². The zero-order valence-electron chi connectivity index (χ0n) is 14.8. The van der Waals surface area contributed by atoms with Gasteiger partial charge in [0.15, 0.2) is 0 Å². The molecule has 3 rings (SSSR count). The van der Waals surface area contributed by atoms with Gasteiger partial charge in [-0.25, -0.2) is 4.79 Å². The predicted molar refractivity (Wildman–Crippen MR) is 91.8 cm³/mol. The van der Waals surface area contributed by atoms with Crippen molar-refractivity contribution in [1.82, 2.24) is 24.9 Å². The van der Waals surface area contributed by atoms with Crippen molar-refractivity contribution in [2.75, 3.05) is 39.9 Å². The number of nitrogens with zero attached hydrogens (tertiary/aromatic N) is 4. The molecule has 3 amide bonds. The van der Waals surface area contributed by atoms with E-state index >= 15 is 0 Å². The molecule has 1 aliphatic heterocycles. The summed E-state index contributed by atoms with van der Waals surface area (Å²) in [7, 11) is 1.66. The van der Waals surface area contributed by atoms with E-state index in [-0.39, 0.29) is 17.9 Å². The highest BCUT2D eigenvalue weighted by molar-refractivity contribution is 5.81. The maximum absolute atomic E-state index is 12.4. The Morgan fingerprint density at radius 2 is 2.00 bits per heavy atom. The highest BCUT2D eigenvalue weighted by atomic mass is 16.5. The largest absolute Gasteiger partial charge is 0.383 e. The van der Waals surface area contributed by atoms with Gasteiger partial charge in [-0.3, -0.25) is 9.48 Å². The van der Waals surface area contributed by atoms with Gasteiger partial charge in [0.1, 0.15) is 0 Å². The molecule has 138 valence electrons. The minimum Gasteiger partial charge on any atom is -0.383 e. The number of carbonyl (C=O) groups excluding carboxylic acids is 2. The van der Waals surface area contributed by atoms with Crippen molar-refractivity contribution >= 4 is 11.9 Å². The Morgan fingerprint density at radius 1 is 1.24 bits per heavy atom. The molecule has 2 heterocycles. The molecule has 0 unspecified atom stereocenters. The van der Waals surface area contributed by atoms with Crippen LogP contribution in [-0.4, -0.2) is 71.4 Å². The third-order valence-corrected chi connectivity index (χ3v) is 4.68. The predicted octanol–water partition coefficient (Wildman–Crippen LogP) is 0.683. The van der Waals surface area contributed by atoms with Crippen LogP contribution in [0.2, 0.25) is 0 Å². The molecule has 1 aromatic rings. The summed E-state index contributed by atoms with van der Waals surface area (Å²) in [6, 6.07) is -0.0784. The average Bonchev–Trinajstić information content (AvgIpc) is 3.41. The first-order chi connectivity index (χ1) is 12.2. The van der Waals surface area contributed by atoms with E-state index in [1.54, 1.807) is 22.9 Å². The Bertz CT molecular complexity index is 599. The first-order valence-corrected chi connectivity index (χ1v) is 8.99. The van der Waals surface area contributed by atoms with Crippen LogP contribution in [0.4, 0.5) is 4.79 Å². The summed E-state index contributed by atoms with van der Waals surface area (Å²) in [6.07, 6.45) is 6.56. The van der Waals surface area contributed by atoms with Crippen LogP contribution in [0.15, 0.2) is 12.4 Å². The Labute approximate surface area is 148 Å². The second kappa shape index (κ2) is 8.33. The summed E-state index contributed by atoms with van der Waals surface area (Å²) in [5, 5.41) is 7.18. The van der Waals surface area contributed by atoms with Gasteiger partial charge in [0.2, 0.25) is 5.91 Å². The first-order valence-electron chi connectivity index (χ1n) is 8.99. The number of rotatable bonds is 6. The Morgan fingerprint density at radius 3 is 2.76 bits per heavy atom. The Kier molecular flexibility index (Phi) is 5.91. The lowest BCUT2D eigenvalue weighted by Gasteiger charge is -2.22. The average molecular weight is 349 g/mol. The number of carbonyl (C=O) groups is 2. The fourth-order valence-electron chi connectivity index (χ4n) is 3.02. The van der Waals surface area contributed by atoms with Crippen molar-refractivity contribution in [3.8, 4) is 0 Å².